The van der Waals surface area contributed by atoms with Gasteiger partial charge >= 0.3 is 5.69 Å². The molecule has 0 saturated heterocycles. The number of aromatic hydroxyl groups is 1. The number of hydrogen-bond acceptors (Lipinski definition) is 6. The first-order valence-electron chi connectivity index (χ1n) is 5.00. The van der Waals surface area contributed by atoms with E-state index in [0.717, 1.165) is 0 Å². The summed E-state index contributed by atoms with van der Waals surface area (Å²) in [6, 6.07) is 4.02. The predicted molar refractivity (Wildman–Crippen MR) is 59.6 cm³/mol. The summed E-state index contributed by atoms with van der Waals surface area (Å²) in [5, 5.41) is 40.3. The van der Waals surface area contributed by atoms with Gasteiger partial charge in [-0.1, -0.05) is 6.07 Å². The molecule has 0 spiro atoms. The first-order chi connectivity index (χ1) is 8.04. The van der Waals surface area contributed by atoms with Crippen LogP contribution in [0.3, 0.4) is 0 Å². The summed E-state index contributed by atoms with van der Waals surface area (Å²) in [6.45, 7) is 0.204. The number of aliphatic hydroxyl groups excluding tert-OH is 2. The average Bonchev–Trinajstić information content (AvgIpc) is 2.28. The van der Waals surface area contributed by atoms with E-state index in [1.807, 2.05) is 0 Å². The highest BCUT2D eigenvalue weighted by Crippen LogP contribution is 2.25. The molecule has 1 aromatic carbocycles. The number of aliphatic hydroxyl groups is 2. The van der Waals surface area contributed by atoms with Crippen LogP contribution in [0.2, 0.25) is 0 Å². The standard InChI is InChI=1S/C10H14N2O5/c13-6-8(14)5-11-4-7-1-2-9(12(16)17)10(15)3-7/h1-3,8,11,13-15H,4-6H2/t8-/m1/s1. The van der Waals surface area contributed by atoms with Crippen LogP contribution >= 0.6 is 0 Å². The Balaban J connectivity index is 2.56. The molecule has 0 unspecified atom stereocenters. The molecule has 0 aliphatic heterocycles. The van der Waals surface area contributed by atoms with E-state index >= 15 is 0 Å². The zero-order chi connectivity index (χ0) is 12.8. The smallest absolute Gasteiger partial charge is 0.310 e. The van der Waals surface area contributed by atoms with Crippen LogP contribution in [-0.2, 0) is 6.54 Å². The maximum atomic E-state index is 10.4. The molecule has 0 fully saturated rings. The minimum absolute atomic E-state index is 0.203. The Bertz CT molecular complexity index is 396. The highest BCUT2D eigenvalue weighted by molar-refractivity contribution is 5.47. The minimum Gasteiger partial charge on any atom is -0.502 e. The molecule has 0 aliphatic rings. The van der Waals surface area contributed by atoms with Gasteiger partial charge in [0.05, 0.1) is 17.6 Å². The Morgan fingerprint density at radius 3 is 2.71 bits per heavy atom. The van der Waals surface area contributed by atoms with Crippen molar-refractivity contribution in [2.24, 2.45) is 0 Å². The number of nitrogens with one attached hydrogen (secondary N) is 1. The Morgan fingerprint density at radius 1 is 1.47 bits per heavy atom. The molecule has 1 atom stereocenters. The summed E-state index contributed by atoms with van der Waals surface area (Å²) < 4.78 is 0. The maximum absolute atomic E-state index is 10.4. The van der Waals surface area contributed by atoms with Crippen molar-refractivity contribution in [2.75, 3.05) is 13.2 Å². The predicted octanol–water partition coefficient (Wildman–Crippen LogP) is -0.257. The van der Waals surface area contributed by atoms with E-state index in [2.05, 4.69) is 5.32 Å². The van der Waals surface area contributed by atoms with Gasteiger partial charge in [0.25, 0.3) is 0 Å². The van der Waals surface area contributed by atoms with Gasteiger partial charge in [0.2, 0.25) is 0 Å². The van der Waals surface area contributed by atoms with Crippen LogP contribution < -0.4 is 5.32 Å². The van der Waals surface area contributed by atoms with Crippen LogP contribution in [0.5, 0.6) is 5.75 Å². The molecule has 7 nitrogen and oxygen atoms in total. The van der Waals surface area contributed by atoms with Crippen molar-refractivity contribution < 1.29 is 20.2 Å². The van der Waals surface area contributed by atoms with Gasteiger partial charge in [-0.2, -0.15) is 0 Å². The molecule has 0 heterocycles. The molecule has 0 radical (unpaired) electrons. The average molecular weight is 242 g/mol. The highest BCUT2D eigenvalue weighted by Gasteiger charge is 2.12. The number of phenolic OH excluding ortho intramolecular Hbond substituents is 1. The van der Waals surface area contributed by atoms with Gasteiger partial charge in [0.1, 0.15) is 0 Å². The fraction of sp³-hybridized carbons (Fsp3) is 0.400. The normalized spacial score (nSPS) is 12.4. The lowest BCUT2D eigenvalue weighted by atomic mass is 10.2. The van der Waals surface area contributed by atoms with Crippen LogP contribution in [-0.4, -0.2) is 39.5 Å². The van der Waals surface area contributed by atoms with E-state index < -0.39 is 16.8 Å². The summed E-state index contributed by atoms with van der Waals surface area (Å²) >= 11 is 0. The number of nitrogens with zero attached hydrogens (tertiary/aromatic N) is 1. The molecule has 0 aliphatic carbocycles. The third-order valence-corrected chi connectivity index (χ3v) is 2.16. The van der Waals surface area contributed by atoms with Crippen molar-refractivity contribution in [3.8, 4) is 5.75 Å². The van der Waals surface area contributed by atoms with Gasteiger partial charge < -0.3 is 20.6 Å². The Hall–Kier alpha value is -1.70. The van der Waals surface area contributed by atoms with Crippen molar-refractivity contribution in [2.45, 2.75) is 12.6 Å². The van der Waals surface area contributed by atoms with E-state index in [1.54, 1.807) is 0 Å². The number of hydrogen-bond donors (Lipinski definition) is 4. The van der Waals surface area contributed by atoms with Gasteiger partial charge in [0, 0.05) is 19.2 Å². The molecule has 0 bridgehead atoms. The second-order valence-corrected chi connectivity index (χ2v) is 3.55. The second kappa shape index (κ2) is 6.14. The topological polar surface area (TPSA) is 116 Å². The minimum atomic E-state index is -0.846. The van der Waals surface area contributed by atoms with Crippen molar-refractivity contribution in [3.63, 3.8) is 0 Å². The zero-order valence-electron chi connectivity index (χ0n) is 9.04. The number of rotatable bonds is 6. The van der Waals surface area contributed by atoms with E-state index in [-0.39, 0.29) is 18.8 Å². The summed E-state index contributed by atoms with van der Waals surface area (Å²) in [5.41, 5.74) is 0.308. The molecule has 1 rings (SSSR count). The van der Waals surface area contributed by atoms with Crippen LogP contribution in [0.4, 0.5) is 5.69 Å². The lowest BCUT2D eigenvalue weighted by molar-refractivity contribution is -0.385. The largest absolute Gasteiger partial charge is 0.502 e. The molecule has 17 heavy (non-hydrogen) atoms. The van der Waals surface area contributed by atoms with E-state index in [4.69, 9.17) is 10.2 Å². The second-order valence-electron chi connectivity index (χ2n) is 3.55. The number of phenols is 1. The zero-order valence-corrected chi connectivity index (χ0v) is 9.04. The molecular weight excluding hydrogens is 228 g/mol. The Morgan fingerprint density at radius 2 is 2.18 bits per heavy atom. The first kappa shape index (κ1) is 13.4. The van der Waals surface area contributed by atoms with Gasteiger partial charge in [0.15, 0.2) is 5.75 Å². The Kier molecular flexibility index (Phi) is 4.83. The number of nitro groups is 1. The summed E-state index contributed by atoms with van der Waals surface area (Å²) in [7, 11) is 0. The Labute approximate surface area is 97.5 Å². The molecule has 0 saturated carbocycles. The van der Waals surface area contributed by atoms with Crippen LogP contribution in [0.25, 0.3) is 0 Å². The van der Waals surface area contributed by atoms with E-state index in [9.17, 15) is 15.2 Å². The lowest BCUT2D eigenvalue weighted by Gasteiger charge is -2.08. The number of benzene rings is 1. The fourth-order valence-corrected chi connectivity index (χ4v) is 1.28. The summed E-state index contributed by atoms with van der Waals surface area (Å²) in [4.78, 5) is 9.78. The van der Waals surface area contributed by atoms with Gasteiger partial charge in [-0.05, 0) is 11.6 Å². The van der Waals surface area contributed by atoms with Gasteiger partial charge in [-0.15, -0.1) is 0 Å². The monoisotopic (exact) mass is 242 g/mol. The highest BCUT2D eigenvalue weighted by atomic mass is 16.6. The maximum Gasteiger partial charge on any atom is 0.310 e. The lowest BCUT2D eigenvalue weighted by Crippen LogP contribution is -2.28. The molecule has 0 aromatic heterocycles. The first-order valence-corrected chi connectivity index (χ1v) is 5.00. The van der Waals surface area contributed by atoms with Crippen molar-refractivity contribution in [1.82, 2.24) is 5.32 Å². The van der Waals surface area contributed by atoms with Gasteiger partial charge in [-0.25, -0.2) is 0 Å². The van der Waals surface area contributed by atoms with Crippen molar-refractivity contribution in [3.05, 3.63) is 33.9 Å². The molecule has 4 N–H and O–H groups in total. The van der Waals surface area contributed by atoms with E-state index in [0.29, 0.717) is 12.1 Å². The molecule has 94 valence electrons. The molecular formula is C10H14N2O5. The third kappa shape index (κ3) is 3.99. The summed E-state index contributed by atoms with van der Waals surface area (Å²) in [6.07, 6.45) is -0.846. The SMILES string of the molecule is O=[N+]([O-])c1ccc(CNC[C@@H](O)CO)cc1O. The van der Waals surface area contributed by atoms with Crippen LogP contribution in [0.1, 0.15) is 5.56 Å². The molecule has 0 amide bonds. The quantitative estimate of drug-likeness (QED) is 0.403. The van der Waals surface area contributed by atoms with Crippen molar-refractivity contribution >= 4 is 5.69 Å². The summed E-state index contributed by atoms with van der Waals surface area (Å²) in [5.74, 6) is -0.392. The molecule has 7 heteroatoms. The van der Waals surface area contributed by atoms with Crippen LogP contribution in [0.15, 0.2) is 18.2 Å². The fourth-order valence-electron chi connectivity index (χ4n) is 1.28. The third-order valence-electron chi connectivity index (χ3n) is 2.16. The van der Waals surface area contributed by atoms with Crippen LogP contribution in [0, 0.1) is 10.1 Å². The van der Waals surface area contributed by atoms with Crippen molar-refractivity contribution in [1.29, 1.82) is 0 Å². The van der Waals surface area contributed by atoms with E-state index in [1.165, 1.54) is 18.2 Å². The van der Waals surface area contributed by atoms with Gasteiger partial charge in [-0.3, -0.25) is 10.1 Å². The molecule has 1 aromatic rings. The number of nitro benzene ring substituents is 1.